The lowest BCUT2D eigenvalue weighted by Crippen LogP contribution is -2.47. The number of H-pyrrole nitrogens is 1. The van der Waals surface area contributed by atoms with Gasteiger partial charge in [0, 0.05) is 61.6 Å². The van der Waals surface area contributed by atoms with E-state index in [0.29, 0.717) is 52.4 Å². The van der Waals surface area contributed by atoms with Gasteiger partial charge in [-0.15, -0.1) is 0 Å². The fraction of sp³-hybridized carbons (Fsp3) is 0.270. The van der Waals surface area contributed by atoms with Crippen molar-refractivity contribution in [2.24, 2.45) is 0 Å². The molecule has 0 bridgehead atoms. The van der Waals surface area contributed by atoms with E-state index in [1.54, 1.807) is 18.3 Å². The van der Waals surface area contributed by atoms with Gasteiger partial charge in [-0.1, -0.05) is 39.0 Å². The summed E-state index contributed by atoms with van der Waals surface area (Å²) >= 11 is 0. The summed E-state index contributed by atoms with van der Waals surface area (Å²) < 4.78 is 3.07. The first-order valence-electron chi connectivity index (χ1n) is 16.1. The molecule has 244 valence electrons. The summed E-state index contributed by atoms with van der Waals surface area (Å²) in [6.45, 7) is 11.3. The zero-order valence-electron chi connectivity index (χ0n) is 27.7. The minimum Gasteiger partial charge on any atom is -0.337 e. The topological polar surface area (TPSA) is 121 Å². The monoisotopic (exact) mass is 642 g/mol. The van der Waals surface area contributed by atoms with Gasteiger partial charge in [0.25, 0.3) is 11.5 Å². The summed E-state index contributed by atoms with van der Waals surface area (Å²) in [6.07, 6.45) is 5.41. The number of anilines is 2. The van der Waals surface area contributed by atoms with Gasteiger partial charge >= 0.3 is 5.69 Å². The summed E-state index contributed by atoms with van der Waals surface area (Å²) in [5.41, 5.74) is 5.13. The molecule has 0 aliphatic carbocycles. The number of carbonyl (C=O) groups is 1. The predicted octanol–water partition coefficient (Wildman–Crippen LogP) is 5.13. The molecule has 1 fully saturated rings. The van der Waals surface area contributed by atoms with Crippen LogP contribution < -0.4 is 16.6 Å². The minimum atomic E-state index is -0.506. The molecular formula is C37H38N8O3. The predicted molar refractivity (Wildman–Crippen MR) is 189 cm³/mol. The summed E-state index contributed by atoms with van der Waals surface area (Å²) in [7, 11) is 2.06. The summed E-state index contributed by atoms with van der Waals surface area (Å²) in [4.78, 5) is 56.7. The summed E-state index contributed by atoms with van der Waals surface area (Å²) in [6, 6.07) is 18.5. The van der Waals surface area contributed by atoms with Gasteiger partial charge in [0.2, 0.25) is 0 Å². The average molecular weight is 643 g/mol. The number of aromatic amines is 1. The lowest BCUT2D eigenvalue weighted by molar-refractivity contribution is 0.0664. The summed E-state index contributed by atoms with van der Waals surface area (Å²) in [5, 5.41) is 3.82. The molecule has 48 heavy (non-hydrogen) atoms. The molecule has 3 aromatic carbocycles. The Morgan fingerprint density at radius 2 is 1.71 bits per heavy atom. The van der Waals surface area contributed by atoms with Crippen molar-refractivity contribution in [3.8, 4) is 16.9 Å². The van der Waals surface area contributed by atoms with Crippen molar-refractivity contribution in [3.63, 3.8) is 0 Å². The first kappa shape index (κ1) is 31.1. The zero-order chi connectivity index (χ0) is 33.7. The van der Waals surface area contributed by atoms with E-state index in [4.69, 9.17) is 4.98 Å². The normalized spacial score (nSPS) is 14.1. The Morgan fingerprint density at radius 1 is 0.958 bits per heavy atom. The van der Waals surface area contributed by atoms with Gasteiger partial charge in [-0.25, -0.2) is 19.3 Å². The number of hydrogen-bond donors (Lipinski definition) is 2. The lowest BCUT2D eigenvalue weighted by atomic mass is 9.86. The van der Waals surface area contributed by atoms with E-state index >= 15 is 0 Å². The Labute approximate surface area is 277 Å². The maximum atomic E-state index is 13.8. The van der Waals surface area contributed by atoms with Crippen LogP contribution in [0.4, 0.5) is 11.5 Å². The second kappa shape index (κ2) is 11.9. The SMILES string of the molecule is Cc1c(-c2cn3ccnc3c(Nc3ccc(C(=O)N4CCN(C)CC4)cc3)n2)cccc1-n1c(=O)[nH]c2cc(C(C)(C)C)ccc2c1=O. The maximum absolute atomic E-state index is 13.8. The molecule has 1 amide bonds. The van der Waals surface area contributed by atoms with Crippen LogP contribution in [0.25, 0.3) is 33.5 Å². The molecule has 2 N–H and O–H groups in total. The maximum Gasteiger partial charge on any atom is 0.333 e. The van der Waals surface area contributed by atoms with Crippen molar-refractivity contribution in [2.45, 2.75) is 33.1 Å². The average Bonchev–Trinajstić information content (AvgIpc) is 3.54. The van der Waals surface area contributed by atoms with Gasteiger partial charge in [0.15, 0.2) is 11.5 Å². The van der Waals surface area contributed by atoms with Gasteiger partial charge in [-0.3, -0.25) is 9.59 Å². The van der Waals surface area contributed by atoms with E-state index in [1.807, 2.05) is 77.1 Å². The molecule has 4 heterocycles. The van der Waals surface area contributed by atoms with Crippen LogP contribution in [0.3, 0.4) is 0 Å². The van der Waals surface area contributed by atoms with Crippen LogP contribution in [0.1, 0.15) is 42.3 Å². The number of imidazole rings is 1. The molecular weight excluding hydrogens is 604 g/mol. The highest BCUT2D eigenvalue weighted by Crippen LogP contribution is 2.30. The molecule has 11 heteroatoms. The van der Waals surface area contributed by atoms with Gasteiger partial charge in [-0.05, 0) is 73.0 Å². The van der Waals surface area contributed by atoms with E-state index < -0.39 is 5.69 Å². The number of hydrogen-bond acceptors (Lipinski definition) is 7. The third kappa shape index (κ3) is 5.66. The molecule has 0 unspecified atom stereocenters. The van der Waals surface area contributed by atoms with E-state index in [2.05, 4.69) is 48.0 Å². The number of likely N-dealkylation sites (N-methyl/N-ethyl adjacent to an activating group) is 1. The highest BCUT2D eigenvalue weighted by molar-refractivity contribution is 5.94. The van der Waals surface area contributed by atoms with Crippen molar-refractivity contribution in [3.05, 3.63) is 117 Å². The van der Waals surface area contributed by atoms with Crippen molar-refractivity contribution in [1.29, 1.82) is 0 Å². The second-order valence-electron chi connectivity index (χ2n) is 13.5. The van der Waals surface area contributed by atoms with Crippen molar-refractivity contribution >= 4 is 34.0 Å². The molecule has 7 rings (SSSR count). The van der Waals surface area contributed by atoms with Gasteiger partial charge in [-0.2, -0.15) is 0 Å². The number of rotatable bonds is 5. The van der Waals surface area contributed by atoms with Crippen LogP contribution in [0.5, 0.6) is 0 Å². The van der Waals surface area contributed by atoms with E-state index in [0.717, 1.165) is 35.5 Å². The first-order chi connectivity index (χ1) is 23.0. The van der Waals surface area contributed by atoms with Gasteiger partial charge in [0.1, 0.15) is 0 Å². The standard InChI is InChI=1S/C37H38N8O3/c1-23-27(7-6-8-31(23)45-35(47)28-14-11-25(37(2,3)4)21-29(28)41-36(45)48)30-22-44-16-15-38-33(44)32(40-30)39-26-12-9-24(10-13-26)34(46)43-19-17-42(5)18-20-43/h6-16,21-22H,17-20H2,1-5H3,(H,39,40)(H,41,48). The Bertz CT molecular complexity index is 2300. The van der Waals surface area contributed by atoms with Gasteiger partial charge in [0.05, 0.1) is 22.3 Å². The van der Waals surface area contributed by atoms with E-state index in [9.17, 15) is 14.4 Å². The van der Waals surface area contributed by atoms with Crippen LogP contribution in [0.2, 0.25) is 0 Å². The largest absolute Gasteiger partial charge is 0.337 e. The van der Waals surface area contributed by atoms with Crippen molar-refractivity contribution in [1.82, 2.24) is 33.7 Å². The quantitative estimate of drug-likeness (QED) is 0.268. The Morgan fingerprint density at radius 3 is 2.44 bits per heavy atom. The molecule has 1 aliphatic rings. The smallest absolute Gasteiger partial charge is 0.333 e. The number of carbonyl (C=O) groups excluding carboxylic acids is 1. The van der Waals surface area contributed by atoms with Crippen LogP contribution >= 0.6 is 0 Å². The zero-order valence-corrected chi connectivity index (χ0v) is 27.7. The molecule has 1 aliphatic heterocycles. The van der Waals surface area contributed by atoms with Crippen molar-refractivity contribution < 1.29 is 4.79 Å². The third-order valence-corrected chi connectivity index (χ3v) is 9.15. The van der Waals surface area contributed by atoms with E-state index in [-0.39, 0.29) is 16.9 Å². The van der Waals surface area contributed by atoms with E-state index in [1.165, 1.54) is 4.57 Å². The van der Waals surface area contributed by atoms with Crippen LogP contribution in [-0.4, -0.2) is 72.9 Å². The number of amides is 1. The number of nitrogens with one attached hydrogen (secondary N) is 2. The molecule has 0 saturated carbocycles. The third-order valence-electron chi connectivity index (χ3n) is 9.15. The number of piperazine rings is 1. The fourth-order valence-electron chi connectivity index (χ4n) is 6.22. The molecule has 0 spiro atoms. The molecule has 1 saturated heterocycles. The Balaban J connectivity index is 1.23. The minimum absolute atomic E-state index is 0.0276. The molecule has 0 atom stereocenters. The Kier molecular flexibility index (Phi) is 7.71. The molecule has 11 nitrogen and oxygen atoms in total. The van der Waals surface area contributed by atoms with Crippen molar-refractivity contribution in [2.75, 3.05) is 38.5 Å². The highest BCUT2D eigenvalue weighted by atomic mass is 16.2. The van der Waals surface area contributed by atoms with Crippen LogP contribution in [-0.2, 0) is 5.41 Å². The van der Waals surface area contributed by atoms with Gasteiger partial charge < -0.3 is 24.5 Å². The second-order valence-corrected chi connectivity index (χ2v) is 13.5. The molecule has 6 aromatic rings. The Hall–Kier alpha value is -5.55. The first-order valence-corrected chi connectivity index (χ1v) is 16.1. The number of benzene rings is 3. The molecule has 0 radical (unpaired) electrons. The highest BCUT2D eigenvalue weighted by Gasteiger charge is 2.21. The van der Waals surface area contributed by atoms with Crippen LogP contribution in [0, 0.1) is 6.92 Å². The lowest BCUT2D eigenvalue weighted by Gasteiger charge is -2.32. The number of fused-ring (bicyclic) bond motifs is 2. The molecule has 3 aromatic heterocycles. The van der Waals surface area contributed by atoms with Crippen LogP contribution in [0.15, 0.2) is 88.8 Å². The number of aromatic nitrogens is 5. The summed E-state index contributed by atoms with van der Waals surface area (Å²) in [5.74, 6) is 0.551. The number of nitrogens with zero attached hydrogens (tertiary/aromatic N) is 6. The fourth-order valence-corrected chi connectivity index (χ4v) is 6.22.